The standard InChI is InChI=1S/C22H25N3OS2/c26-21(23-12-14-27-18-8-2-1-3-9-18)16-25-13-6-7-17(15-25)22-24-19-10-4-5-11-20(19)28-22/h1-5,8-11,17H,6-7,12-16H2,(H,23,26)/p+1/t17-/m1/s1. The number of quaternary nitrogens is 1. The molecule has 0 saturated carbocycles. The van der Waals surface area contributed by atoms with Crippen LogP contribution in [0.2, 0.25) is 0 Å². The van der Waals surface area contributed by atoms with E-state index in [0.717, 1.165) is 30.8 Å². The Bertz CT molecular complexity index is 879. The summed E-state index contributed by atoms with van der Waals surface area (Å²) in [6.45, 7) is 3.37. The molecule has 0 spiro atoms. The lowest BCUT2D eigenvalue weighted by Gasteiger charge is -2.28. The number of carbonyl (C=O) groups is 1. The number of carbonyl (C=O) groups excluding carboxylic acids is 1. The Hall–Kier alpha value is -1.89. The predicted molar refractivity (Wildman–Crippen MR) is 117 cm³/mol. The number of para-hydroxylation sites is 1. The molecule has 28 heavy (non-hydrogen) atoms. The normalized spacial score (nSPS) is 19.6. The lowest BCUT2D eigenvalue weighted by Crippen LogP contribution is -3.14. The van der Waals surface area contributed by atoms with E-state index in [1.807, 2.05) is 35.6 Å². The van der Waals surface area contributed by atoms with Crippen LogP contribution in [0.25, 0.3) is 10.2 Å². The fourth-order valence-electron chi connectivity index (χ4n) is 3.75. The summed E-state index contributed by atoms with van der Waals surface area (Å²) < 4.78 is 1.26. The average molecular weight is 413 g/mol. The van der Waals surface area contributed by atoms with Crippen molar-refractivity contribution in [1.29, 1.82) is 0 Å². The first-order valence-electron chi connectivity index (χ1n) is 9.91. The van der Waals surface area contributed by atoms with E-state index < -0.39 is 0 Å². The fraction of sp³-hybridized carbons (Fsp3) is 0.364. The molecule has 2 atom stereocenters. The van der Waals surface area contributed by atoms with Crippen LogP contribution in [0, 0.1) is 0 Å². The lowest BCUT2D eigenvalue weighted by atomic mass is 9.99. The van der Waals surface area contributed by atoms with Crippen molar-refractivity contribution in [2.45, 2.75) is 23.7 Å². The van der Waals surface area contributed by atoms with Gasteiger partial charge in [-0.2, -0.15) is 0 Å². The number of amides is 1. The van der Waals surface area contributed by atoms with Gasteiger partial charge in [-0.3, -0.25) is 4.79 Å². The molecule has 4 rings (SSSR count). The Labute approximate surface area is 174 Å². The van der Waals surface area contributed by atoms with Gasteiger partial charge in [-0.05, 0) is 37.1 Å². The summed E-state index contributed by atoms with van der Waals surface area (Å²) in [5, 5.41) is 4.32. The van der Waals surface area contributed by atoms with Gasteiger partial charge < -0.3 is 10.2 Å². The predicted octanol–water partition coefficient (Wildman–Crippen LogP) is 2.97. The lowest BCUT2D eigenvalue weighted by molar-refractivity contribution is -0.898. The van der Waals surface area contributed by atoms with Crippen molar-refractivity contribution in [1.82, 2.24) is 10.3 Å². The van der Waals surface area contributed by atoms with Crippen LogP contribution in [0.3, 0.4) is 0 Å². The van der Waals surface area contributed by atoms with Gasteiger partial charge in [0.15, 0.2) is 6.54 Å². The van der Waals surface area contributed by atoms with E-state index in [1.165, 1.54) is 25.9 Å². The zero-order chi connectivity index (χ0) is 19.2. The monoisotopic (exact) mass is 412 g/mol. The molecule has 3 aromatic rings. The van der Waals surface area contributed by atoms with Gasteiger partial charge in [-0.1, -0.05) is 30.3 Å². The zero-order valence-corrected chi connectivity index (χ0v) is 17.5. The first kappa shape index (κ1) is 19.4. The smallest absolute Gasteiger partial charge is 0.275 e. The number of benzene rings is 2. The molecule has 2 heterocycles. The van der Waals surface area contributed by atoms with Gasteiger partial charge in [0.1, 0.15) is 5.01 Å². The molecule has 146 valence electrons. The van der Waals surface area contributed by atoms with Crippen molar-refractivity contribution in [2.75, 3.05) is 31.9 Å². The number of piperidine rings is 1. The summed E-state index contributed by atoms with van der Waals surface area (Å²) in [5.41, 5.74) is 1.10. The number of hydrogen-bond donors (Lipinski definition) is 2. The molecule has 1 amide bonds. The summed E-state index contributed by atoms with van der Waals surface area (Å²) in [4.78, 5) is 19.8. The number of fused-ring (bicyclic) bond motifs is 1. The molecule has 1 fully saturated rings. The molecule has 1 aromatic heterocycles. The number of hydrogen-bond acceptors (Lipinski definition) is 4. The highest BCUT2D eigenvalue weighted by atomic mass is 32.2. The van der Waals surface area contributed by atoms with E-state index >= 15 is 0 Å². The van der Waals surface area contributed by atoms with Crippen LogP contribution in [-0.2, 0) is 4.79 Å². The highest BCUT2D eigenvalue weighted by Crippen LogP contribution is 2.30. The van der Waals surface area contributed by atoms with Gasteiger partial charge in [0, 0.05) is 17.2 Å². The first-order valence-corrected chi connectivity index (χ1v) is 11.7. The van der Waals surface area contributed by atoms with E-state index in [2.05, 4.69) is 35.6 Å². The minimum absolute atomic E-state index is 0.161. The number of nitrogens with zero attached hydrogens (tertiary/aromatic N) is 1. The molecule has 6 heteroatoms. The topological polar surface area (TPSA) is 46.4 Å². The van der Waals surface area contributed by atoms with Gasteiger partial charge in [0.2, 0.25) is 0 Å². The number of likely N-dealkylation sites (tertiary alicyclic amines) is 1. The van der Waals surface area contributed by atoms with Crippen LogP contribution in [-0.4, -0.2) is 42.8 Å². The average Bonchev–Trinajstić information content (AvgIpc) is 3.17. The van der Waals surface area contributed by atoms with Crippen molar-refractivity contribution in [2.24, 2.45) is 0 Å². The minimum atomic E-state index is 0.161. The molecule has 0 radical (unpaired) electrons. The van der Waals surface area contributed by atoms with Crippen LogP contribution in [0.4, 0.5) is 0 Å². The SMILES string of the molecule is O=C(C[NH+]1CCC[C@@H](c2nc3ccccc3s2)C1)NCCSc1ccccc1. The Morgan fingerprint density at radius 2 is 2.00 bits per heavy atom. The second kappa shape index (κ2) is 9.54. The Morgan fingerprint density at radius 1 is 1.18 bits per heavy atom. The summed E-state index contributed by atoms with van der Waals surface area (Å²) >= 11 is 3.59. The van der Waals surface area contributed by atoms with Crippen LogP contribution < -0.4 is 10.2 Å². The van der Waals surface area contributed by atoms with Crippen molar-refractivity contribution < 1.29 is 9.69 Å². The first-order chi connectivity index (χ1) is 13.8. The Kier molecular flexibility index (Phi) is 6.62. The highest BCUT2D eigenvalue weighted by Gasteiger charge is 2.28. The number of aromatic nitrogens is 1. The van der Waals surface area contributed by atoms with Crippen LogP contribution in [0.5, 0.6) is 0 Å². The van der Waals surface area contributed by atoms with Crippen molar-refractivity contribution >= 4 is 39.2 Å². The number of thiazole rings is 1. The molecule has 2 N–H and O–H groups in total. The highest BCUT2D eigenvalue weighted by molar-refractivity contribution is 7.99. The molecule has 2 aromatic carbocycles. The van der Waals surface area contributed by atoms with Gasteiger partial charge >= 0.3 is 0 Å². The molecular formula is C22H26N3OS2+. The maximum absolute atomic E-state index is 12.4. The number of nitrogens with one attached hydrogen (secondary N) is 2. The van der Waals surface area contributed by atoms with Gasteiger partial charge in [0.05, 0.1) is 29.2 Å². The summed E-state index contributed by atoms with van der Waals surface area (Å²) in [7, 11) is 0. The van der Waals surface area contributed by atoms with E-state index in [4.69, 9.17) is 4.98 Å². The van der Waals surface area contributed by atoms with E-state index in [-0.39, 0.29) is 5.91 Å². The molecule has 1 aliphatic rings. The van der Waals surface area contributed by atoms with Crippen molar-refractivity contribution in [3.63, 3.8) is 0 Å². The fourth-order valence-corrected chi connectivity index (χ4v) is 5.64. The molecule has 4 nitrogen and oxygen atoms in total. The second-order valence-corrected chi connectivity index (χ2v) is 9.48. The van der Waals surface area contributed by atoms with E-state index in [9.17, 15) is 4.79 Å². The van der Waals surface area contributed by atoms with Crippen molar-refractivity contribution in [3.8, 4) is 0 Å². The third-order valence-corrected chi connectivity index (χ3v) is 7.34. The van der Waals surface area contributed by atoms with Crippen LogP contribution in [0.1, 0.15) is 23.8 Å². The third-order valence-electron chi connectivity index (χ3n) is 5.12. The summed E-state index contributed by atoms with van der Waals surface area (Å²) in [6, 6.07) is 18.7. The Morgan fingerprint density at radius 3 is 2.86 bits per heavy atom. The quantitative estimate of drug-likeness (QED) is 0.463. The molecular weight excluding hydrogens is 386 g/mol. The van der Waals surface area contributed by atoms with Crippen LogP contribution in [0.15, 0.2) is 59.5 Å². The molecule has 1 saturated heterocycles. The van der Waals surface area contributed by atoms with Crippen LogP contribution >= 0.6 is 23.1 Å². The Balaban J connectivity index is 1.23. The van der Waals surface area contributed by atoms with E-state index in [1.54, 1.807) is 11.8 Å². The molecule has 0 bridgehead atoms. The summed E-state index contributed by atoms with van der Waals surface area (Å²) in [6.07, 6.45) is 2.34. The van der Waals surface area contributed by atoms with E-state index in [0.29, 0.717) is 19.0 Å². The third kappa shape index (κ3) is 5.13. The second-order valence-electron chi connectivity index (χ2n) is 7.25. The summed E-state index contributed by atoms with van der Waals surface area (Å²) in [5.74, 6) is 1.54. The minimum Gasteiger partial charge on any atom is -0.350 e. The maximum Gasteiger partial charge on any atom is 0.275 e. The zero-order valence-electron chi connectivity index (χ0n) is 15.9. The van der Waals surface area contributed by atoms with Gasteiger partial charge in [-0.15, -0.1) is 23.1 Å². The maximum atomic E-state index is 12.4. The number of rotatable bonds is 7. The number of thioether (sulfide) groups is 1. The molecule has 1 aliphatic heterocycles. The molecule has 1 unspecified atom stereocenters. The van der Waals surface area contributed by atoms with Crippen molar-refractivity contribution in [3.05, 3.63) is 59.6 Å². The van der Waals surface area contributed by atoms with Gasteiger partial charge in [0.25, 0.3) is 5.91 Å². The largest absolute Gasteiger partial charge is 0.350 e. The molecule has 0 aliphatic carbocycles. The van der Waals surface area contributed by atoms with Gasteiger partial charge in [-0.25, -0.2) is 4.98 Å².